The molecule has 1 fully saturated rings. The topological polar surface area (TPSA) is 113 Å². The number of rotatable bonds is 7. The van der Waals surface area contributed by atoms with Crippen molar-refractivity contribution in [1.29, 1.82) is 0 Å². The van der Waals surface area contributed by atoms with Gasteiger partial charge in [0.1, 0.15) is 11.5 Å². The number of hydrogen-bond donors (Lipinski definition) is 2. The van der Waals surface area contributed by atoms with Gasteiger partial charge in [-0.25, -0.2) is 4.98 Å². The van der Waals surface area contributed by atoms with Crippen molar-refractivity contribution < 1.29 is 18.7 Å². The molecule has 9 heteroatoms. The molecule has 0 bridgehead atoms. The maximum atomic E-state index is 12.7. The van der Waals surface area contributed by atoms with Crippen molar-refractivity contribution in [2.24, 2.45) is 0 Å². The molecule has 0 aromatic carbocycles. The Balaban J connectivity index is 1.29. The Hall–Kier alpha value is -3.62. The van der Waals surface area contributed by atoms with Gasteiger partial charge in [0.05, 0.1) is 25.0 Å². The molecule has 3 aromatic heterocycles. The monoisotopic (exact) mass is 423 g/mol. The van der Waals surface area contributed by atoms with Crippen LogP contribution in [0.15, 0.2) is 47.2 Å². The van der Waals surface area contributed by atoms with Gasteiger partial charge < -0.3 is 19.4 Å². The number of ether oxygens (including phenoxy) is 1. The molecule has 1 aliphatic rings. The second-order valence-electron chi connectivity index (χ2n) is 7.36. The highest BCUT2D eigenvalue weighted by Crippen LogP contribution is 2.28. The van der Waals surface area contributed by atoms with Gasteiger partial charge in [-0.3, -0.25) is 14.7 Å². The van der Waals surface area contributed by atoms with E-state index in [0.717, 1.165) is 18.5 Å². The molecule has 4 heterocycles. The lowest BCUT2D eigenvalue weighted by Gasteiger charge is -2.31. The molecule has 4 rings (SSSR count). The average Bonchev–Trinajstić information content (AvgIpc) is 3.50. The van der Waals surface area contributed by atoms with Gasteiger partial charge in [-0.2, -0.15) is 5.10 Å². The average molecular weight is 423 g/mol. The van der Waals surface area contributed by atoms with Crippen LogP contribution in [-0.2, 0) is 6.54 Å². The van der Waals surface area contributed by atoms with Crippen molar-refractivity contribution >= 4 is 11.8 Å². The first-order valence-electron chi connectivity index (χ1n) is 10.4. The molecule has 0 radical (unpaired) electrons. The Labute approximate surface area is 179 Å². The SMILES string of the molecule is CCOc1ccc(C(=O)N2CCC(c3cc(C(=O)NCc4ccco4)n[nH]3)CC2)cn1. The fraction of sp³-hybridized carbons (Fsp3) is 0.364. The number of pyridine rings is 1. The lowest BCUT2D eigenvalue weighted by atomic mass is 9.93. The Morgan fingerprint density at radius 3 is 2.81 bits per heavy atom. The zero-order valence-electron chi connectivity index (χ0n) is 17.3. The Morgan fingerprint density at radius 2 is 2.13 bits per heavy atom. The minimum atomic E-state index is -0.255. The molecule has 1 saturated heterocycles. The van der Waals surface area contributed by atoms with Gasteiger partial charge in [0.15, 0.2) is 0 Å². The molecule has 2 N–H and O–H groups in total. The molecule has 31 heavy (non-hydrogen) atoms. The summed E-state index contributed by atoms with van der Waals surface area (Å²) in [4.78, 5) is 31.0. The number of carbonyl (C=O) groups is 2. The number of nitrogens with one attached hydrogen (secondary N) is 2. The maximum absolute atomic E-state index is 12.7. The normalized spacial score (nSPS) is 14.4. The molecule has 3 aromatic rings. The predicted octanol–water partition coefficient (Wildman–Crippen LogP) is 2.75. The van der Waals surface area contributed by atoms with Crippen molar-refractivity contribution in [3.8, 4) is 5.88 Å². The number of hydrogen-bond acceptors (Lipinski definition) is 6. The van der Waals surface area contributed by atoms with Gasteiger partial charge in [0.2, 0.25) is 5.88 Å². The van der Waals surface area contributed by atoms with Gasteiger partial charge in [0.25, 0.3) is 11.8 Å². The van der Waals surface area contributed by atoms with Gasteiger partial charge in [0, 0.05) is 37.0 Å². The summed E-state index contributed by atoms with van der Waals surface area (Å²) < 4.78 is 10.5. The second kappa shape index (κ2) is 9.46. The molecular weight excluding hydrogens is 398 g/mol. The summed E-state index contributed by atoms with van der Waals surface area (Å²) in [6.07, 6.45) is 4.72. The zero-order valence-corrected chi connectivity index (χ0v) is 17.3. The lowest BCUT2D eigenvalue weighted by Crippen LogP contribution is -2.38. The lowest BCUT2D eigenvalue weighted by molar-refractivity contribution is 0.0711. The largest absolute Gasteiger partial charge is 0.478 e. The number of nitrogens with zero attached hydrogens (tertiary/aromatic N) is 3. The Morgan fingerprint density at radius 1 is 1.29 bits per heavy atom. The van der Waals surface area contributed by atoms with Crippen LogP contribution in [0.4, 0.5) is 0 Å². The fourth-order valence-electron chi connectivity index (χ4n) is 3.65. The highest BCUT2D eigenvalue weighted by Gasteiger charge is 2.26. The second-order valence-corrected chi connectivity index (χ2v) is 7.36. The van der Waals surface area contributed by atoms with Crippen molar-refractivity contribution in [3.63, 3.8) is 0 Å². The summed E-state index contributed by atoms with van der Waals surface area (Å²) in [7, 11) is 0. The molecule has 2 amide bonds. The van der Waals surface area contributed by atoms with E-state index in [4.69, 9.17) is 9.15 Å². The number of furan rings is 1. The Kier molecular flexibility index (Phi) is 6.30. The summed E-state index contributed by atoms with van der Waals surface area (Å²) in [6, 6.07) is 8.82. The van der Waals surface area contributed by atoms with Crippen LogP contribution in [0.2, 0.25) is 0 Å². The fourth-order valence-corrected chi connectivity index (χ4v) is 3.65. The zero-order chi connectivity index (χ0) is 21.6. The van der Waals surface area contributed by atoms with E-state index >= 15 is 0 Å². The minimum absolute atomic E-state index is 0.0309. The van der Waals surface area contributed by atoms with E-state index in [1.54, 1.807) is 42.8 Å². The molecular formula is C22H25N5O4. The molecule has 0 aliphatic carbocycles. The molecule has 0 spiro atoms. The van der Waals surface area contributed by atoms with E-state index in [2.05, 4.69) is 20.5 Å². The van der Waals surface area contributed by atoms with Crippen LogP contribution in [0.25, 0.3) is 0 Å². The van der Waals surface area contributed by atoms with Crippen LogP contribution < -0.4 is 10.1 Å². The smallest absolute Gasteiger partial charge is 0.272 e. The molecule has 162 valence electrons. The highest BCUT2D eigenvalue weighted by atomic mass is 16.5. The predicted molar refractivity (Wildman–Crippen MR) is 112 cm³/mol. The molecule has 1 aliphatic heterocycles. The number of aromatic nitrogens is 3. The van der Waals surface area contributed by atoms with E-state index in [1.807, 2.05) is 11.8 Å². The highest BCUT2D eigenvalue weighted by molar-refractivity contribution is 5.94. The van der Waals surface area contributed by atoms with E-state index in [1.165, 1.54) is 0 Å². The Bertz CT molecular complexity index is 1000. The summed E-state index contributed by atoms with van der Waals surface area (Å²) in [5.74, 6) is 1.14. The van der Waals surface area contributed by atoms with Crippen LogP contribution in [0.1, 0.15) is 58.0 Å². The standard InChI is InChI=1S/C22H25N5O4/c1-2-30-20-6-5-16(13-23-20)22(29)27-9-7-15(8-10-27)18-12-19(26-25-18)21(28)24-14-17-4-3-11-31-17/h3-6,11-13,15H,2,7-10,14H2,1H3,(H,24,28)(H,25,26). The first-order chi connectivity index (χ1) is 15.1. The van der Waals surface area contributed by atoms with Crippen molar-refractivity contribution in [2.75, 3.05) is 19.7 Å². The third-order valence-electron chi connectivity index (χ3n) is 5.33. The number of amides is 2. The number of carbonyl (C=O) groups excluding carboxylic acids is 2. The van der Waals surface area contributed by atoms with Crippen LogP contribution in [0.3, 0.4) is 0 Å². The summed E-state index contributed by atoms with van der Waals surface area (Å²) in [5, 5.41) is 9.92. The van der Waals surface area contributed by atoms with Crippen molar-refractivity contribution in [3.05, 3.63) is 65.5 Å². The van der Waals surface area contributed by atoms with E-state index in [9.17, 15) is 9.59 Å². The van der Waals surface area contributed by atoms with Crippen molar-refractivity contribution in [2.45, 2.75) is 32.2 Å². The van der Waals surface area contributed by atoms with Crippen LogP contribution in [-0.4, -0.2) is 51.6 Å². The van der Waals surface area contributed by atoms with Crippen LogP contribution in [0.5, 0.6) is 5.88 Å². The first kappa shape index (κ1) is 20.6. The van der Waals surface area contributed by atoms with Crippen molar-refractivity contribution in [1.82, 2.24) is 25.4 Å². The first-order valence-corrected chi connectivity index (χ1v) is 10.4. The van der Waals surface area contributed by atoms with E-state index in [0.29, 0.717) is 49.1 Å². The van der Waals surface area contributed by atoms with E-state index < -0.39 is 0 Å². The van der Waals surface area contributed by atoms with Gasteiger partial charge in [-0.1, -0.05) is 0 Å². The molecule has 0 unspecified atom stereocenters. The maximum Gasteiger partial charge on any atom is 0.272 e. The van der Waals surface area contributed by atoms with Gasteiger partial charge in [-0.05, 0) is 44.0 Å². The van der Waals surface area contributed by atoms with E-state index in [-0.39, 0.29) is 17.7 Å². The summed E-state index contributed by atoms with van der Waals surface area (Å²) in [5.41, 5.74) is 1.82. The molecule has 0 saturated carbocycles. The quantitative estimate of drug-likeness (QED) is 0.604. The third kappa shape index (κ3) is 4.93. The number of piperidine rings is 1. The van der Waals surface area contributed by atoms with Gasteiger partial charge >= 0.3 is 0 Å². The molecule has 0 atom stereocenters. The molecule has 9 nitrogen and oxygen atoms in total. The van der Waals surface area contributed by atoms with Crippen LogP contribution in [0, 0.1) is 0 Å². The number of H-pyrrole nitrogens is 1. The summed E-state index contributed by atoms with van der Waals surface area (Å²) in [6.45, 7) is 4.01. The number of likely N-dealkylation sites (tertiary alicyclic amines) is 1. The number of aromatic amines is 1. The third-order valence-corrected chi connectivity index (χ3v) is 5.33. The summed E-state index contributed by atoms with van der Waals surface area (Å²) >= 11 is 0. The van der Waals surface area contributed by atoms with Gasteiger partial charge in [-0.15, -0.1) is 0 Å². The minimum Gasteiger partial charge on any atom is -0.478 e. The van der Waals surface area contributed by atoms with Crippen LogP contribution >= 0.6 is 0 Å².